The number of methoxy groups -OCH3 is 2. The van der Waals surface area contributed by atoms with Gasteiger partial charge < -0.3 is 20.1 Å². The van der Waals surface area contributed by atoms with Crippen LogP contribution in [-0.4, -0.2) is 43.2 Å². The molecule has 1 amide bonds. The van der Waals surface area contributed by atoms with E-state index in [0.29, 0.717) is 30.5 Å². The van der Waals surface area contributed by atoms with Crippen molar-refractivity contribution >= 4 is 17.4 Å². The number of carbonyl (C=O) groups excluding carboxylic acids is 1. The van der Waals surface area contributed by atoms with Crippen LogP contribution in [0.5, 0.6) is 5.75 Å². The first kappa shape index (κ1) is 20.3. The number of benzene rings is 2. The summed E-state index contributed by atoms with van der Waals surface area (Å²) in [6.45, 7) is 1.10. The molecule has 0 unspecified atom stereocenters. The van der Waals surface area contributed by atoms with E-state index < -0.39 is 0 Å². The van der Waals surface area contributed by atoms with E-state index in [1.807, 2.05) is 54.6 Å². The van der Waals surface area contributed by atoms with E-state index in [9.17, 15) is 4.79 Å². The Morgan fingerprint density at radius 2 is 1.83 bits per heavy atom. The molecule has 0 bridgehead atoms. The molecule has 0 atom stereocenters. The van der Waals surface area contributed by atoms with Crippen LogP contribution < -0.4 is 15.4 Å². The van der Waals surface area contributed by atoms with Gasteiger partial charge in [-0.3, -0.25) is 4.79 Å². The number of nitrogens with zero attached hydrogens (tertiary/aromatic N) is 2. The number of carbonyl (C=O) groups is 1. The first-order valence-corrected chi connectivity index (χ1v) is 9.32. The summed E-state index contributed by atoms with van der Waals surface area (Å²) in [6, 6.07) is 18.7. The smallest absolute Gasteiger partial charge is 0.270 e. The van der Waals surface area contributed by atoms with Gasteiger partial charge >= 0.3 is 0 Å². The van der Waals surface area contributed by atoms with Crippen molar-refractivity contribution in [2.75, 3.05) is 32.7 Å². The third-order valence-electron chi connectivity index (χ3n) is 4.14. The van der Waals surface area contributed by atoms with Crippen molar-refractivity contribution < 1.29 is 14.3 Å². The number of ether oxygens (including phenoxy) is 2. The molecule has 150 valence electrons. The zero-order valence-electron chi connectivity index (χ0n) is 16.5. The molecule has 0 aliphatic rings. The Morgan fingerprint density at radius 3 is 2.59 bits per heavy atom. The van der Waals surface area contributed by atoms with Gasteiger partial charge in [0.2, 0.25) is 0 Å². The molecule has 7 heteroatoms. The summed E-state index contributed by atoms with van der Waals surface area (Å²) in [5.74, 6) is 1.47. The molecule has 0 saturated carbocycles. The summed E-state index contributed by atoms with van der Waals surface area (Å²) >= 11 is 0. The second kappa shape index (κ2) is 10.2. The molecule has 0 spiro atoms. The van der Waals surface area contributed by atoms with E-state index in [1.54, 1.807) is 20.3 Å². The van der Waals surface area contributed by atoms with Crippen LogP contribution in [0.1, 0.15) is 16.9 Å². The predicted molar refractivity (Wildman–Crippen MR) is 113 cm³/mol. The number of rotatable bonds is 9. The van der Waals surface area contributed by atoms with Crippen LogP contribution in [0, 0.1) is 0 Å². The fourth-order valence-corrected chi connectivity index (χ4v) is 2.70. The van der Waals surface area contributed by atoms with Crippen molar-refractivity contribution in [3.63, 3.8) is 0 Å². The number of aromatic nitrogens is 2. The summed E-state index contributed by atoms with van der Waals surface area (Å²) in [6.07, 6.45) is 0.730. The van der Waals surface area contributed by atoms with Crippen LogP contribution in [0.3, 0.4) is 0 Å². The molecule has 0 radical (unpaired) electrons. The van der Waals surface area contributed by atoms with Gasteiger partial charge in [-0.05, 0) is 18.6 Å². The third-order valence-corrected chi connectivity index (χ3v) is 4.14. The third kappa shape index (κ3) is 5.76. The normalized spacial score (nSPS) is 10.4. The standard InChI is InChI=1S/C22H24N4O3/c1-28-13-7-12-23-22(27)19-15-20(24-17-10-6-11-18(14-17)29-2)26-21(25-19)16-8-4-3-5-9-16/h3-6,8-11,14-15H,7,12-13H2,1-2H3,(H,23,27)(H,24,25,26). The number of hydrogen-bond donors (Lipinski definition) is 2. The average molecular weight is 392 g/mol. The second-order valence-electron chi connectivity index (χ2n) is 6.29. The summed E-state index contributed by atoms with van der Waals surface area (Å²) in [4.78, 5) is 21.6. The molecule has 3 rings (SSSR count). The fourth-order valence-electron chi connectivity index (χ4n) is 2.70. The van der Waals surface area contributed by atoms with Crippen molar-refractivity contribution in [3.05, 3.63) is 66.4 Å². The maximum absolute atomic E-state index is 12.6. The highest BCUT2D eigenvalue weighted by atomic mass is 16.5. The van der Waals surface area contributed by atoms with Crippen LogP contribution in [0.15, 0.2) is 60.7 Å². The summed E-state index contributed by atoms with van der Waals surface area (Å²) in [5, 5.41) is 6.09. The van der Waals surface area contributed by atoms with Crippen LogP contribution in [0.25, 0.3) is 11.4 Å². The number of hydrogen-bond acceptors (Lipinski definition) is 6. The van der Waals surface area contributed by atoms with Crippen molar-refractivity contribution in [1.82, 2.24) is 15.3 Å². The summed E-state index contributed by atoms with van der Waals surface area (Å²) < 4.78 is 10.3. The average Bonchev–Trinajstić information content (AvgIpc) is 2.77. The van der Waals surface area contributed by atoms with Gasteiger partial charge in [0.05, 0.1) is 7.11 Å². The lowest BCUT2D eigenvalue weighted by molar-refractivity contribution is 0.0943. The fraction of sp³-hybridized carbons (Fsp3) is 0.227. The van der Waals surface area contributed by atoms with Crippen LogP contribution >= 0.6 is 0 Å². The zero-order valence-corrected chi connectivity index (χ0v) is 16.5. The Bertz CT molecular complexity index is 948. The van der Waals surface area contributed by atoms with Gasteiger partial charge in [-0.1, -0.05) is 36.4 Å². The largest absolute Gasteiger partial charge is 0.497 e. The van der Waals surface area contributed by atoms with Crippen LogP contribution in [0.4, 0.5) is 11.5 Å². The predicted octanol–water partition coefficient (Wildman–Crippen LogP) is 3.66. The topological polar surface area (TPSA) is 85.4 Å². The maximum atomic E-state index is 12.6. The van der Waals surface area contributed by atoms with Crippen LogP contribution in [0.2, 0.25) is 0 Å². The van der Waals surface area contributed by atoms with Crippen molar-refractivity contribution in [1.29, 1.82) is 0 Å². The van der Waals surface area contributed by atoms with E-state index >= 15 is 0 Å². The van der Waals surface area contributed by atoms with Crippen molar-refractivity contribution in [2.45, 2.75) is 6.42 Å². The monoisotopic (exact) mass is 392 g/mol. The summed E-state index contributed by atoms with van der Waals surface area (Å²) in [7, 11) is 3.25. The molecule has 1 heterocycles. The van der Waals surface area contributed by atoms with Gasteiger partial charge in [0.1, 0.15) is 17.3 Å². The lowest BCUT2D eigenvalue weighted by atomic mass is 10.2. The van der Waals surface area contributed by atoms with Gasteiger partial charge in [0.25, 0.3) is 5.91 Å². The highest BCUT2D eigenvalue weighted by molar-refractivity contribution is 5.93. The molecule has 0 aliphatic carbocycles. The molecule has 0 fully saturated rings. The molecular weight excluding hydrogens is 368 g/mol. The molecule has 2 aromatic carbocycles. The Balaban J connectivity index is 1.89. The minimum Gasteiger partial charge on any atom is -0.497 e. The Morgan fingerprint density at radius 1 is 1.00 bits per heavy atom. The van der Waals surface area contributed by atoms with Gasteiger partial charge in [-0.25, -0.2) is 9.97 Å². The Hall–Kier alpha value is -3.45. The van der Waals surface area contributed by atoms with Gasteiger partial charge in [-0.15, -0.1) is 0 Å². The summed E-state index contributed by atoms with van der Waals surface area (Å²) in [5.41, 5.74) is 1.92. The highest BCUT2D eigenvalue weighted by Crippen LogP contribution is 2.23. The molecule has 2 N–H and O–H groups in total. The van der Waals surface area contributed by atoms with Gasteiger partial charge in [0, 0.05) is 43.6 Å². The van der Waals surface area contributed by atoms with Gasteiger partial charge in [0.15, 0.2) is 5.82 Å². The maximum Gasteiger partial charge on any atom is 0.270 e. The van der Waals surface area contributed by atoms with Crippen LogP contribution in [-0.2, 0) is 4.74 Å². The number of nitrogens with one attached hydrogen (secondary N) is 2. The van der Waals surface area contributed by atoms with E-state index in [0.717, 1.165) is 23.4 Å². The van der Waals surface area contributed by atoms with E-state index in [4.69, 9.17) is 9.47 Å². The molecule has 0 saturated heterocycles. The second-order valence-corrected chi connectivity index (χ2v) is 6.29. The SMILES string of the molecule is COCCCNC(=O)c1cc(Nc2cccc(OC)c2)nc(-c2ccccc2)n1. The zero-order chi connectivity index (χ0) is 20.5. The highest BCUT2D eigenvalue weighted by Gasteiger charge is 2.13. The molecule has 1 aromatic heterocycles. The first-order chi connectivity index (χ1) is 14.2. The van der Waals surface area contributed by atoms with Gasteiger partial charge in [-0.2, -0.15) is 0 Å². The molecule has 7 nitrogen and oxygen atoms in total. The number of anilines is 2. The van der Waals surface area contributed by atoms with Crippen molar-refractivity contribution in [3.8, 4) is 17.1 Å². The minimum absolute atomic E-state index is 0.255. The molecule has 29 heavy (non-hydrogen) atoms. The Labute approximate surface area is 170 Å². The molecular formula is C22H24N4O3. The lowest BCUT2D eigenvalue weighted by Gasteiger charge is -2.11. The van der Waals surface area contributed by atoms with E-state index in [2.05, 4.69) is 20.6 Å². The number of amides is 1. The van der Waals surface area contributed by atoms with Crippen molar-refractivity contribution in [2.24, 2.45) is 0 Å². The minimum atomic E-state index is -0.255. The molecule has 3 aromatic rings. The molecule has 0 aliphatic heterocycles. The quantitative estimate of drug-likeness (QED) is 0.541. The lowest BCUT2D eigenvalue weighted by Crippen LogP contribution is -2.26. The first-order valence-electron chi connectivity index (χ1n) is 9.32. The van der Waals surface area contributed by atoms with E-state index in [1.165, 1.54) is 0 Å². The Kier molecular flexibility index (Phi) is 7.13. The van der Waals surface area contributed by atoms with E-state index in [-0.39, 0.29) is 5.91 Å².